The molecule has 2 N–H and O–H groups in total. The van der Waals surface area contributed by atoms with Crippen molar-refractivity contribution in [2.24, 2.45) is 0 Å². The summed E-state index contributed by atoms with van der Waals surface area (Å²) in [5, 5.41) is 18.5. The normalized spacial score (nSPS) is 18.3. The molecule has 0 bridgehead atoms. The van der Waals surface area contributed by atoms with E-state index >= 15 is 0 Å². The molecule has 0 fully saturated rings. The van der Waals surface area contributed by atoms with E-state index in [-0.39, 0.29) is 24.7 Å². The van der Waals surface area contributed by atoms with E-state index in [4.69, 9.17) is 14.7 Å². The van der Waals surface area contributed by atoms with E-state index in [0.29, 0.717) is 35.6 Å². The number of halogens is 3. The monoisotopic (exact) mass is 483 g/mol. The minimum Gasteiger partial charge on any atom is -0.454 e. The number of carbonyl (C=O) groups excluding carboxylic acids is 1. The molecule has 2 atom stereocenters. The summed E-state index contributed by atoms with van der Waals surface area (Å²) < 4.78 is 53.4. The number of aromatic nitrogens is 2. The number of hydrogen-bond donors (Lipinski definition) is 2. The van der Waals surface area contributed by atoms with Crippen LogP contribution in [0.3, 0.4) is 0 Å². The maximum atomic E-state index is 14.0. The van der Waals surface area contributed by atoms with Crippen molar-refractivity contribution in [1.29, 1.82) is 5.26 Å². The van der Waals surface area contributed by atoms with Gasteiger partial charge in [0.15, 0.2) is 23.2 Å². The molecule has 5 rings (SSSR count). The highest BCUT2D eigenvalue weighted by Gasteiger charge is 2.47. The van der Waals surface area contributed by atoms with E-state index < -0.39 is 24.2 Å². The van der Waals surface area contributed by atoms with Gasteiger partial charge in [0.1, 0.15) is 5.82 Å². The minimum atomic E-state index is -4.57. The second kappa shape index (κ2) is 8.87. The minimum absolute atomic E-state index is 0.0640. The van der Waals surface area contributed by atoms with Gasteiger partial charge in [-0.3, -0.25) is 4.79 Å². The third-order valence-corrected chi connectivity index (χ3v) is 5.93. The summed E-state index contributed by atoms with van der Waals surface area (Å²) >= 11 is 0. The van der Waals surface area contributed by atoms with Gasteiger partial charge in [-0.2, -0.15) is 23.5 Å². The van der Waals surface area contributed by atoms with Gasteiger partial charge >= 0.3 is 6.18 Å². The highest BCUT2D eigenvalue weighted by Crippen LogP contribution is 2.45. The molecular formula is C24H20F3N5O3. The first kappa shape index (κ1) is 22.6. The van der Waals surface area contributed by atoms with E-state index in [9.17, 15) is 18.0 Å². The van der Waals surface area contributed by atoms with Crippen LogP contribution < -0.4 is 20.1 Å². The van der Waals surface area contributed by atoms with Crippen molar-refractivity contribution in [3.63, 3.8) is 0 Å². The van der Waals surface area contributed by atoms with E-state index in [1.54, 1.807) is 36.4 Å². The fourth-order valence-corrected chi connectivity index (χ4v) is 4.23. The number of aryl methyl sites for hydroxylation is 1. The molecule has 2 aromatic carbocycles. The Hall–Kier alpha value is -4.20. The molecular weight excluding hydrogens is 463 g/mol. The Morgan fingerprint density at radius 3 is 2.83 bits per heavy atom. The number of alkyl halides is 3. The molecule has 1 amide bonds. The first-order valence-corrected chi connectivity index (χ1v) is 10.9. The van der Waals surface area contributed by atoms with Crippen LogP contribution in [0.1, 0.15) is 46.5 Å². The van der Waals surface area contributed by atoms with Gasteiger partial charge in [0, 0.05) is 24.6 Å². The molecule has 3 heterocycles. The summed E-state index contributed by atoms with van der Waals surface area (Å²) in [5.74, 6) is 0.475. The van der Waals surface area contributed by atoms with Gasteiger partial charge in [-0.25, -0.2) is 4.68 Å². The number of hydrogen-bond acceptors (Lipinski definition) is 6. The van der Waals surface area contributed by atoms with Crippen LogP contribution in [-0.4, -0.2) is 28.7 Å². The van der Waals surface area contributed by atoms with Crippen molar-refractivity contribution in [3.8, 4) is 17.6 Å². The summed E-state index contributed by atoms with van der Waals surface area (Å²) in [6.45, 7) is 0.0640. The molecule has 11 heteroatoms. The molecule has 0 unspecified atom stereocenters. The van der Waals surface area contributed by atoms with Crippen LogP contribution in [-0.2, 0) is 6.42 Å². The number of amides is 1. The molecule has 0 radical (unpaired) electrons. The smallest absolute Gasteiger partial charge is 0.410 e. The van der Waals surface area contributed by atoms with Crippen LogP contribution in [0.2, 0.25) is 0 Å². The molecule has 0 spiro atoms. The fraction of sp³-hybridized carbons (Fsp3) is 0.292. The third kappa shape index (κ3) is 4.59. The van der Waals surface area contributed by atoms with Gasteiger partial charge in [-0.05, 0) is 41.8 Å². The Kier molecular flexibility index (Phi) is 5.72. The summed E-state index contributed by atoms with van der Waals surface area (Å²) in [6, 6.07) is 12.8. The van der Waals surface area contributed by atoms with Crippen LogP contribution in [0.5, 0.6) is 11.5 Å². The third-order valence-electron chi connectivity index (χ3n) is 5.93. The number of ether oxygens (including phenoxy) is 2. The number of anilines is 2. The van der Waals surface area contributed by atoms with Crippen molar-refractivity contribution in [2.75, 3.05) is 17.4 Å². The van der Waals surface area contributed by atoms with Crippen molar-refractivity contribution < 1.29 is 27.4 Å². The lowest BCUT2D eigenvalue weighted by atomic mass is 9.96. The second-order valence-corrected chi connectivity index (χ2v) is 8.27. The van der Waals surface area contributed by atoms with E-state index in [0.717, 1.165) is 10.2 Å². The summed E-state index contributed by atoms with van der Waals surface area (Å²) in [4.78, 5) is 12.8. The molecule has 0 saturated heterocycles. The average molecular weight is 483 g/mol. The topological polar surface area (TPSA) is 101 Å². The summed E-state index contributed by atoms with van der Waals surface area (Å²) in [6.07, 6.45) is -4.02. The Balaban J connectivity index is 1.40. The first-order chi connectivity index (χ1) is 16.8. The molecule has 2 aliphatic heterocycles. The van der Waals surface area contributed by atoms with Gasteiger partial charge in [0.05, 0.1) is 12.1 Å². The maximum absolute atomic E-state index is 14.0. The zero-order chi connectivity index (χ0) is 24.6. The number of nitrogens with zero attached hydrogens (tertiary/aromatic N) is 3. The SMILES string of the molecule is N#CCCc1cccc(NC(=O)c2cc3n(n2)[C@H](C(F)(F)F)C[C@H](c2ccc4c(c2)OCO4)N3)c1. The molecule has 0 aliphatic carbocycles. The number of rotatable bonds is 5. The largest absolute Gasteiger partial charge is 0.454 e. The number of nitrogens with one attached hydrogen (secondary N) is 2. The average Bonchev–Trinajstić information content (AvgIpc) is 3.48. The lowest BCUT2D eigenvalue weighted by Crippen LogP contribution is -2.35. The number of benzene rings is 2. The van der Waals surface area contributed by atoms with Crippen LogP contribution in [0, 0.1) is 11.3 Å². The van der Waals surface area contributed by atoms with E-state index in [1.165, 1.54) is 6.07 Å². The summed E-state index contributed by atoms with van der Waals surface area (Å²) in [5.41, 5.74) is 1.79. The molecule has 0 saturated carbocycles. The van der Waals surface area contributed by atoms with Crippen LogP contribution in [0.25, 0.3) is 0 Å². The van der Waals surface area contributed by atoms with Gasteiger partial charge in [0.25, 0.3) is 5.91 Å². The van der Waals surface area contributed by atoms with Crippen molar-refractivity contribution in [2.45, 2.75) is 37.5 Å². The van der Waals surface area contributed by atoms with Gasteiger partial charge in [-0.1, -0.05) is 18.2 Å². The maximum Gasteiger partial charge on any atom is 0.410 e. The van der Waals surface area contributed by atoms with Crippen molar-refractivity contribution in [1.82, 2.24) is 9.78 Å². The molecule has 3 aromatic rings. The van der Waals surface area contributed by atoms with Gasteiger partial charge in [0.2, 0.25) is 6.79 Å². The lowest BCUT2D eigenvalue weighted by molar-refractivity contribution is -0.173. The van der Waals surface area contributed by atoms with E-state index in [2.05, 4.69) is 21.8 Å². The molecule has 8 nitrogen and oxygen atoms in total. The number of carbonyl (C=O) groups is 1. The highest BCUT2D eigenvalue weighted by atomic mass is 19.4. The Morgan fingerprint density at radius 1 is 1.20 bits per heavy atom. The highest BCUT2D eigenvalue weighted by molar-refractivity contribution is 6.03. The second-order valence-electron chi connectivity index (χ2n) is 8.27. The standard InChI is InChI=1S/C24H20F3N5O3/c25-24(26,27)21-11-17(15-6-7-19-20(10-15)35-13-34-19)30-22-12-18(31-32(21)22)23(33)29-16-5-1-3-14(9-16)4-2-8-28/h1,3,5-7,9-10,12,17,21,30H,2,4,11,13H2,(H,29,33)/t17-,21+/m1/s1. The van der Waals surface area contributed by atoms with Crippen LogP contribution in [0.15, 0.2) is 48.5 Å². The number of nitriles is 1. The Bertz CT molecular complexity index is 1310. The molecule has 1 aromatic heterocycles. The predicted octanol–water partition coefficient (Wildman–Crippen LogP) is 4.98. The molecule has 2 aliphatic rings. The van der Waals surface area contributed by atoms with Gasteiger partial charge in [-0.15, -0.1) is 0 Å². The van der Waals surface area contributed by atoms with E-state index in [1.807, 2.05) is 6.07 Å². The predicted molar refractivity (Wildman–Crippen MR) is 119 cm³/mol. The first-order valence-electron chi connectivity index (χ1n) is 10.9. The quantitative estimate of drug-likeness (QED) is 0.531. The number of fused-ring (bicyclic) bond motifs is 2. The molecule has 180 valence electrons. The summed E-state index contributed by atoms with van der Waals surface area (Å²) in [7, 11) is 0. The van der Waals surface area contributed by atoms with Gasteiger partial charge < -0.3 is 20.1 Å². The van der Waals surface area contributed by atoms with Crippen LogP contribution in [0.4, 0.5) is 24.7 Å². The zero-order valence-electron chi connectivity index (χ0n) is 18.3. The Labute approximate surface area is 198 Å². The van der Waals surface area contributed by atoms with Crippen LogP contribution >= 0.6 is 0 Å². The zero-order valence-corrected chi connectivity index (χ0v) is 18.3. The van der Waals surface area contributed by atoms with Crippen molar-refractivity contribution >= 4 is 17.4 Å². The van der Waals surface area contributed by atoms with Crippen molar-refractivity contribution in [3.05, 3.63) is 65.4 Å². The Morgan fingerprint density at radius 2 is 2.03 bits per heavy atom. The fourth-order valence-electron chi connectivity index (χ4n) is 4.23. The lowest BCUT2D eigenvalue weighted by Gasteiger charge is -2.33. The molecule has 35 heavy (non-hydrogen) atoms.